The van der Waals surface area contributed by atoms with E-state index in [0.29, 0.717) is 13.1 Å². The van der Waals surface area contributed by atoms with E-state index in [1.54, 1.807) is 14.1 Å². The first kappa shape index (κ1) is 17.3. The smallest absolute Gasteiger partial charge is 0.322 e. The summed E-state index contributed by atoms with van der Waals surface area (Å²) < 4.78 is 1.26. The number of halogens is 1. The molecule has 9 heteroatoms. The molecule has 0 aliphatic carbocycles. The van der Waals surface area contributed by atoms with Crippen LogP contribution in [0.15, 0.2) is 0 Å². The summed E-state index contributed by atoms with van der Waals surface area (Å²) in [5.74, 6) is -0.403. The Kier molecular flexibility index (Phi) is 6.43. The molecule has 0 bridgehead atoms. The lowest BCUT2D eigenvalue weighted by Gasteiger charge is -2.16. The molecule has 0 aromatic carbocycles. The summed E-state index contributed by atoms with van der Waals surface area (Å²) in [6, 6.07) is 0. The SMILES string of the molecule is CNCCN(C)C(=O)c1c([N+](=O)[O-])c(C)nn1C.Cl. The molecular weight excluding hydrogens is 274 g/mol. The van der Waals surface area contributed by atoms with E-state index in [1.165, 1.54) is 23.6 Å². The average molecular weight is 292 g/mol. The Labute approximate surface area is 117 Å². The van der Waals surface area contributed by atoms with Crippen molar-refractivity contribution in [3.8, 4) is 0 Å². The van der Waals surface area contributed by atoms with Crippen molar-refractivity contribution in [1.29, 1.82) is 0 Å². The van der Waals surface area contributed by atoms with Gasteiger partial charge < -0.3 is 10.2 Å². The summed E-state index contributed by atoms with van der Waals surface area (Å²) in [7, 11) is 4.90. The van der Waals surface area contributed by atoms with Crippen molar-refractivity contribution in [2.24, 2.45) is 7.05 Å². The molecule has 0 aliphatic heterocycles. The minimum atomic E-state index is -0.568. The normalized spacial score (nSPS) is 9.89. The Bertz CT molecular complexity index is 474. The van der Waals surface area contributed by atoms with Gasteiger partial charge in [-0.25, -0.2) is 0 Å². The third-order valence-electron chi connectivity index (χ3n) is 2.62. The predicted molar refractivity (Wildman–Crippen MR) is 72.7 cm³/mol. The van der Waals surface area contributed by atoms with Crippen molar-refractivity contribution in [3.05, 3.63) is 21.5 Å². The summed E-state index contributed by atoms with van der Waals surface area (Å²) in [4.78, 5) is 24.0. The minimum Gasteiger partial charge on any atom is -0.339 e. The van der Waals surface area contributed by atoms with Gasteiger partial charge in [-0.3, -0.25) is 19.6 Å². The molecule has 0 atom stereocenters. The molecule has 1 heterocycles. The first-order valence-corrected chi connectivity index (χ1v) is 5.48. The lowest BCUT2D eigenvalue weighted by atomic mass is 10.2. The van der Waals surface area contributed by atoms with E-state index >= 15 is 0 Å². The van der Waals surface area contributed by atoms with Crippen LogP contribution in [0.5, 0.6) is 0 Å². The van der Waals surface area contributed by atoms with Crippen molar-refractivity contribution in [2.75, 3.05) is 27.2 Å². The van der Waals surface area contributed by atoms with Crippen molar-refractivity contribution in [3.63, 3.8) is 0 Å². The van der Waals surface area contributed by atoms with E-state index in [1.807, 2.05) is 0 Å². The highest BCUT2D eigenvalue weighted by Crippen LogP contribution is 2.23. The van der Waals surface area contributed by atoms with E-state index in [9.17, 15) is 14.9 Å². The van der Waals surface area contributed by atoms with Crippen LogP contribution in [-0.4, -0.2) is 52.7 Å². The molecule has 0 saturated carbocycles. The molecule has 1 aromatic heterocycles. The molecule has 0 fully saturated rings. The van der Waals surface area contributed by atoms with Gasteiger partial charge in [-0.05, 0) is 14.0 Å². The number of carbonyl (C=O) groups excluding carboxylic acids is 1. The zero-order chi connectivity index (χ0) is 13.9. The van der Waals surface area contributed by atoms with Gasteiger partial charge in [0.05, 0.1) is 4.92 Å². The monoisotopic (exact) mass is 291 g/mol. The number of nitrogens with one attached hydrogen (secondary N) is 1. The van der Waals surface area contributed by atoms with E-state index in [-0.39, 0.29) is 29.5 Å². The van der Waals surface area contributed by atoms with Crippen molar-refractivity contribution < 1.29 is 9.72 Å². The van der Waals surface area contributed by atoms with E-state index in [0.717, 1.165) is 0 Å². The van der Waals surface area contributed by atoms with Crippen LogP contribution in [0.4, 0.5) is 5.69 Å². The third-order valence-corrected chi connectivity index (χ3v) is 2.62. The second-order valence-corrected chi connectivity index (χ2v) is 3.99. The highest BCUT2D eigenvalue weighted by atomic mass is 35.5. The Balaban J connectivity index is 0.00000324. The van der Waals surface area contributed by atoms with Crippen LogP contribution in [0.3, 0.4) is 0 Å². The van der Waals surface area contributed by atoms with Gasteiger partial charge in [0, 0.05) is 27.2 Å². The molecule has 8 nitrogen and oxygen atoms in total. The van der Waals surface area contributed by atoms with E-state index in [4.69, 9.17) is 0 Å². The number of hydrogen-bond donors (Lipinski definition) is 1. The van der Waals surface area contributed by atoms with Crippen LogP contribution >= 0.6 is 12.4 Å². The summed E-state index contributed by atoms with van der Waals surface area (Å²) >= 11 is 0. The number of nitro groups is 1. The number of carbonyl (C=O) groups is 1. The molecule has 0 unspecified atom stereocenters. The van der Waals surface area contributed by atoms with Gasteiger partial charge in [0.2, 0.25) is 5.69 Å². The summed E-state index contributed by atoms with van der Waals surface area (Å²) in [5.41, 5.74) is 0.0303. The van der Waals surface area contributed by atoms with Crippen LogP contribution < -0.4 is 5.32 Å². The molecule has 0 radical (unpaired) electrons. The summed E-state index contributed by atoms with van der Waals surface area (Å²) in [5, 5.41) is 17.8. The van der Waals surface area contributed by atoms with Crippen LogP contribution in [0.25, 0.3) is 0 Å². The second kappa shape index (κ2) is 7.05. The molecular formula is C10H18ClN5O3. The molecule has 1 N–H and O–H groups in total. The molecule has 19 heavy (non-hydrogen) atoms. The molecule has 0 saturated heterocycles. The molecule has 0 spiro atoms. The van der Waals surface area contributed by atoms with Gasteiger partial charge in [-0.2, -0.15) is 5.10 Å². The second-order valence-electron chi connectivity index (χ2n) is 3.99. The maximum Gasteiger partial charge on any atom is 0.322 e. The first-order chi connectivity index (χ1) is 8.40. The van der Waals surface area contributed by atoms with Crippen LogP contribution in [-0.2, 0) is 7.05 Å². The number of amides is 1. The lowest BCUT2D eigenvalue weighted by Crippen LogP contribution is -2.34. The zero-order valence-corrected chi connectivity index (χ0v) is 12.2. The quantitative estimate of drug-likeness (QED) is 0.624. The zero-order valence-electron chi connectivity index (χ0n) is 11.3. The third kappa shape index (κ3) is 3.65. The fourth-order valence-electron chi connectivity index (χ4n) is 1.67. The fourth-order valence-corrected chi connectivity index (χ4v) is 1.67. The molecule has 108 valence electrons. The molecule has 1 rings (SSSR count). The molecule has 1 amide bonds. The topological polar surface area (TPSA) is 93.3 Å². The maximum atomic E-state index is 12.1. The standard InChI is InChI=1S/C10H17N5O3.ClH/c1-7-8(15(17)18)9(14(4)12-7)10(16)13(3)6-5-11-2;/h11H,5-6H2,1-4H3;1H. The van der Waals surface area contributed by atoms with Gasteiger partial charge in [0.25, 0.3) is 5.91 Å². The number of aromatic nitrogens is 2. The Hall–Kier alpha value is -1.67. The molecule has 0 aliphatic rings. The van der Waals surface area contributed by atoms with Crippen molar-refractivity contribution in [2.45, 2.75) is 6.92 Å². The van der Waals surface area contributed by atoms with Gasteiger partial charge in [-0.15, -0.1) is 12.4 Å². The Morgan fingerprint density at radius 2 is 2.16 bits per heavy atom. The summed E-state index contributed by atoms with van der Waals surface area (Å²) in [6.45, 7) is 2.60. The number of rotatable bonds is 5. The van der Waals surface area contributed by atoms with Gasteiger partial charge in [0.1, 0.15) is 5.69 Å². The maximum absolute atomic E-state index is 12.1. The number of nitrogens with zero attached hydrogens (tertiary/aromatic N) is 4. The summed E-state index contributed by atoms with van der Waals surface area (Å²) in [6.07, 6.45) is 0. The Morgan fingerprint density at radius 1 is 1.58 bits per heavy atom. The van der Waals surface area contributed by atoms with Crippen molar-refractivity contribution >= 4 is 24.0 Å². The van der Waals surface area contributed by atoms with Crippen molar-refractivity contribution in [1.82, 2.24) is 20.0 Å². The van der Waals surface area contributed by atoms with E-state index in [2.05, 4.69) is 10.4 Å². The van der Waals surface area contributed by atoms with Gasteiger partial charge >= 0.3 is 5.69 Å². The highest BCUT2D eigenvalue weighted by molar-refractivity contribution is 5.96. The highest BCUT2D eigenvalue weighted by Gasteiger charge is 2.30. The predicted octanol–water partition coefficient (Wildman–Crippen LogP) is 0.350. The first-order valence-electron chi connectivity index (χ1n) is 5.48. The largest absolute Gasteiger partial charge is 0.339 e. The number of likely N-dealkylation sites (N-methyl/N-ethyl adjacent to an activating group) is 2. The number of aryl methyl sites for hydroxylation is 2. The van der Waals surface area contributed by atoms with Gasteiger partial charge in [0.15, 0.2) is 0 Å². The fraction of sp³-hybridized carbons (Fsp3) is 0.600. The average Bonchev–Trinajstić information content (AvgIpc) is 2.60. The van der Waals surface area contributed by atoms with Crippen LogP contribution in [0, 0.1) is 17.0 Å². The van der Waals surface area contributed by atoms with Crippen LogP contribution in [0.2, 0.25) is 0 Å². The lowest BCUT2D eigenvalue weighted by molar-refractivity contribution is -0.385. The van der Waals surface area contributed by atoms with Crippen LogP contribution in [0.1, 0.15) is 16.2 Å². The van der Waals surface area contributed by atoms with E-state index < -0.39 is 10.8 Å². The Morgan fingerprint density at radius 3 is 2.63 bits per heavy atom. The minimum absolute atomic E-state index is 0. The van der Waals surface area contributed by atoms with Gasteiger partial charge in [-0.1, -0.05) is 0 Å². The molecule has 1 aromatic rings. The number of hydrogen-bond acceptors (Lipinski definition) is 5.